The Morgan fingerprint density at radius 1 is 1.50 bits per heavy atom. The molecular weight excluding hydrogens is 200 g/mol. The molecule has 1 fully saturated rings. The summed E-state index contributed by atoms with van der Waals surface area (Å²) >= 11 is 5.61. The second-order valence-electron chi connectivity index (χ2n) is 4.18. The summed E-state index contributed by atoms with van der Waals surface area (Å²) in [7, 11) is 0. The molecule has 1 rings (SSSR count). The molecule has 82 valence electrons. The minimum Gasteiger partial charge on any atom is -0.353 e. The first-order valence-corrected chi connectivity index (χ1v) is 5.79. The van der Waals surface area contributed by atoms with Crippen molar-refractivity contribution in [1.82, 2.24) is 5.32 Å². The van der Waals surface area contributed by atoms with E-state index < -0.39 is 0 Å². The number of carbonyl (C=O) groups is 1. The van der Waals surface area contributed by atoms with Crippen LogP contribution in [0.4, 0.5) is 0 Å². The van der Waals surface area contributed by atoms with E-state index in [1.54, 1.807) is 0 Å². The molecule has 1 saturated carbocycles. The van der Waals surface area contributed by atoms with Crippen molar-refractivity contribution in [2.45, 2.75) is 44.7 Å². The first-order valence-electron chi connectivity index (χ1n) is 5.25. The van der Waals surface area contributed by atoms with Gasteiger partial charge in [-0.05, 0) is 25.7 Å². The van der Waals surface area contributed by atoms with Crippen LogP contribution in [-0.2, 0) is 4.79 Å². The van der Waals surface area contributed by atoms with E-state index in [0.717, 1.165) is 25.7 Å². The van der Waals surface area contributed by atoms with E-state index in [4.69, 9.17) is 17.3 Å². The summed E-state index contributed by atoms with van der Waals surface area (Å²) < 4.78 is 0. The Morgan fingerprint density at radius 2 is 2.07 bits per heavy atom. The van der Waals surface area contributed by atoms with Crippen molar-refractivity contribution in [3.8, 4) is 0 Å². The number of nitrogens with one attached hydrogen (secondary N) is 1. The summed E-state index contributed by atoms with van der Waals surface area (Å²) in [6, 6.07) is 0.640. The van der Waals surface area contributed by atoms with Gasteiger partial charge < -0.3 is 11.1 Å². The normalized spacial score (nSPS) is 29.6. The highest BCUT2D eigenvalue weighted by Crippen LogP contribution is 2.17. The number of hydrogen-bond acceptors (Lipinski definition) is 2. The molecule has 1 aliphatic rings. The number of halogens is 1. The molecule has 1 amide bonds. The molecule has 0 radical (unpaired) electrons. The fraction of sp³-hybridized carbons (Fsp3) is 0.900. The highest BCUT2D eigenvalue weighted by molar-refractivity contribution is 6.19. The lowest BCUT2D eigenvalue weighted by Crippen LogP contribution is -2.42. The Labute approximate surface area is 90.4 Å². The monoisotopic (exact) mass is 218 g/mol. The van der Waals surface area contributed by atoms with Gasteiger partial charge in [0.25, 0.3) is 0 Å². The van der Waals surface area contributed by atoms with Crippen molar-refractivity contribution in [1.29, 1.82) is 0 Å². The van der Waals surface area contributed by atoms with Crippen molar-refractivity contribution in [2.75, 3.05) is 5.88 Å². The number of hydrogen-bond donors (Lipinski definition) is 2. The molecule has 3 nitrogen and oxygen atoms in total. The predicted molar refractivity (Wildman–Crippen MR) is 58.3 cm³/mol. The van der Waals surface area contributed by atoms with Crippen molar-refractivity contribution in [2.24, 2.45) is 11.7 Å². The van der Waals surface area contributed by atoms with Gasteiger partial charge in [0.1, 0.15) is 0 Å². The molecule has 3 N–H and O–H groups in total. The molecule has 14 heavy (non-hydrogen) atoms. The quantitative estimate of drug-likeness (QED) is 0.701. The lowest BCUT2D eigenvalue weighted by molar-refractivity contribution is -0.124. The molecule has 0 spiro atoms. The number of amides is 1. The summed E-state index contributed by atoms with van der Waals surface area (Å²) in [5, 5.41) is 3.01. The summed E-state index contributed by atoms with van der Waals surface area (Å²) in [5.74, 6) is 0.366. The number of alkyl halides is 1. The maximum Gasteiger partial charge on any atom is 0.224 e. The molecule has 0 aromatic carbocycles. The predicted octanol–water partition coefficient (Wildman–Crippen LogP) is 1.25. The van der Waals surface area contributed by atoms with Gasteiger partial charge in [-0.15, -0.1) is 11.6 Å². The van der Waals surface area contributed by atoms with Crippen molar-refractivity contribution < 1.29 is 4.79 Å². The maximum absolute atomic E-state index is 11.5. The number of carbonyl (C=O) groups excluding carboxylic acids is 1. The highest BCUT2D eigenvalue weighted by Gasteiger charge is 2.21. The van der Waals surface area contributed by atoms with Crippen molar-refractivity contribution in [3.05, 3.63) is 0 Å². The van der Waals surface area contributed by atoms with Gasteiger partial charge in [0.15, 0.2) is 0 Å². The Hall–Kier alpha value is -0.280. The summed E-state index contributed by atoms with van der Waals surface area (Å²) in [6.07, 6.45) is 4.03. The lowest BCUT2D eigenvalue weighted by atomic mass is 9.91. The van der Waals surface area contributed by atoms with E-state index >= 15 is 0 Å². The first-order chi connectivity index (χ1) is 6.63. The number of nitrogens with two attached hydrogens (primary N) is 1. The van der Waals surface area contributed by atoms with Crippen LogP contribution in [0.2, 0.25) is 0 Å². The van der Waals surface area contributed by atoms with Gasteiger partial charge in [0, 0.05) is 23.9 Å². The minimum atomic E-state index is -0.0905. The standard InChI is InChI=1S/C10H19ClN2O/c1-7(6-11)10(14)13-9-4-2-8(12)3-5-9/h7-9H,2-6,12H2,1H3,(H,13,14). The minimum absolute atomic E-state index is 0.0699. The molecule has 0 aromatic heterocycles. The summed E-state index contributed by atoms with van der Waals surface area (Å²) in [6.45, 7) is 1.84. The van der Waals surface area contributed by atoms with Crippen LogP contribution in [0.15, 0.2) is 0 Å². The van der Waals surface area contributed by atoms with Crippen LogP contribution in [0.1, 0.15) is 32.6 Å². The average Bonchev–Trinajstić information content (AvgIpc) is 2.20. The van der Waals surface area contributed by atoms with Crippen molar-refractivity contribution >= 4 is 17.5 Å². The van der Waals surface area contributed by atoms with E-state index in [1.165, 1.54) is 0 Å². The van der Waals surface area contributed by atoms with Crippen LogP contribution in [0.25, 0.3) is 0 Å². The molecule has 0 bridgehead atoms. The van der Waals surface area contributed by atoms with Crippen LogP contribution >= 0.6 is 11.6 Å². The second-order valence-corrected chi connectivity index (χ2v) is 4.48. The first kappa shape index (κ1) is 11.8. The van der Waals surface area contributed by atoms with Gasteiger partial charge in [-0.3, -0.25) is 4.79 Å². The Kier molecular flexibility index (Phi) is 4.69. The average molecular weight is 219 g/mol. The highest BCUT2D eigenvalue weighted by atomic mass is 35.5. The van der Waals surface area contributed by atoms with E-state index in [1.807, 2.05) is 6.92 Å². The largest absolute Gasteiger partial charge is 0.353 e. The third-order valence-electron chi connectivity index (χ3n) is 2.80. The van der Waals surface area contributed by atoms with Crippen molar-refractivity contribution in [3.63, 3.8) is 0 Å². The maximum atomic E-state index is 11.5. The zero-order valence-corrected chi connectivity index (χ0v) is 9.39. The fourth-order valence-corrected chi connectivity index (χ4v) is 1.82. The van der Waals surface area contributed by atoms with Gasteiger partial charge in [-0.25, -0.2) is 0 Å². The van der Waals surface area contributed by atoms with Crippen LogP contribution in [0.5, 0.6) is 0 Å². The zero-order chi connectivity index (χ0) is 10.6. The second kappa shape index (κ2) is 5.56. The van der Waals surface area contributed by atoms with Gasteiger partial charge >= 0.3 is 0 Å². The van der Waals surface area contributed by atoms with Gasteiger partial charge in [-0.1, -0.05) is 6.92 Å². The molecule has 1 unspecified atom stereocenters. The Balaban J connectivity index is 2.27. The van der Waals surface area contributed by atoms with Crippen LogP contribution in [0.3, 0.4) is 0 Å². The summed E-state index contributed by atoms with van der Waals surface area (Å²) in [4.78, 5) is 11.5. The molecule has 0 saturated heterocycles. The SMILES string of the molecule is CC(CCl)C(=O)NC1CCC(N)CC1. The van der Waals surface area contributed by atoms with E-state index in [-0.39, 0.29) is 11.8 Å². The van der Waals surface area contributed by atoms with E-state index in [2.05, 4.69) is 5.32 Å². The molecule has 0 aromatic rings. The van der Waals surface area contributed by atoms with Gasteiger partial charge in [-0.2, -0.15) is 0 Å². The van der Waals surface area contributed by atoms with Gasteiger partial charge in [0.2, 0.25) is 5.91 Å². The molecular formula is C10H19ClN2O. The van der Waals surface area contributed by atoms with Crippen LogP contribution in [0, 0.1) is 5.92 Å². The Morgan fingerprint density at radius 3 is 2.57 bits per heavy atom. The summed E-state index contributed by atoms with van der Waals surface area (Å²) in [5.41, 5.74) is 5.78. The smallest absolute Gasteiger partial charge is 0.224 e. The third-order valence-corrected chi connectivity index (χ3v) is 3.26. The third kappa shape index (κ3) is 3.46. The van der Waals surface area contributed by atoms with E-state index in [9.17, 15) is 4.79 Å². The lowest BCUT2D eigenvalue weighted by Gasteiger charge is -2.27. The molecule has 1 aliphatic carbocycles. The van der Waals surface area contributed by atoms with Crippen LogP contribution in [-0.4, -0.2) is 23.9 Å². The molecule has 0 aliphatic heterocycles. The molecule has 1 atom stereocenters. The Bertz CT molecular complexity index is 191. The van der Waals surface area contributed by atoms with Crippen LogP contribution < -0.4 is 11.1 Å². The molecule has 0 heterocycles. The fourth-order valence-electron chi connectivity index (χ4n) is 1.68. The zero-order valence-electron chi connectivity index (χ0n) is 8.63. The van der Waals surface area contributed by atoms with E-state index in [0.29, 0.717) is 18.0 Å². The number of rotatable bonds is 3. The molecule has 4 heteroatoms. The van der Waals surface area contributed by atoms with Gasteiger partial charge in [0.05, 0.1) is 0 Å². The topological polar surface area (TPSA) is 55.1 Å².